The largest absolute Gasteiger partial charge is 0.469 e. The van der Waals surface area contributed by atoms with Gasteiger partial charge in [0.15, 0.2) is 0 Å². The third-order valence-electron chi connectivity index (χ3n) is 6.47. The number of hydrogen-bond donors (Lipinski definition) is 0. The van der Waals surface area contributed by atoms with E-state index in [0.717, 1.165) is 51.9 Å². The molecule has 0 spiro atoms. The maximum Gasteiger partial charge on any atom is 0.309 e. The molecule has 3 fully saturated rings. The lowest BCUT2D eigenvalue weighted by atomic mass is 9.72. The third-order valence-corrected chi connectivity index (χ3v) is 7.27. The minimum absolute atomic E-state index is 0.0368. The van der Waals surface area contributed by atoms with Crippen molar-refractivity contribution in [3.63, 3.8) is 0 Å². The standard InChI is InChI=1S/C22H23IN4O2/c1-13-4-3-5-17-20(13)27(25-21(17)23)16-8-9-19(24-11-16)26-12-14-6-7-15(26)10-18(14)22(28)29-2/h3-5,8-9,11,14-15,18H,6-7,10,12H2,1-2H3. The van der Waals surface area contributed by atoms with Crippen LogP contribution < -0.4 is 4.90 Å². The molecule has 3 aromatic rings. The Labute approximate surface area is 183 Å². The van der Waals surface area contributed by atoms with Crippen molar-refractivity contribution in [2.24, 2.45) is 11.8 Å². The summed E-state index contributed by atoms with van der Waals surface area (Å²) >= 11 is 2.29. The van der Waals surface area contributed by atoms with E-state index >= 15 is 0 Å². The predicted molar refractivity (Wildman–Crippen MR) is 120 cm³/mol. The summed E-state index contributed by atoms with van der Waals surface area (Å²) in [5.41, 5.74) is 3.29. The van der Waals surface area contributed by atoms with Gasteiger partial charge < -0.3 is 9.64 Å². The monoisotopic (exact) mass is 502 g/mol. The van der Waals surface area contributed by atoms with Crippen LogP contribution in [0.4, 0.5) is 5.82 Å². The van der Waals surface area contributed by atoms with E-state index in [9.17, 15) is 4.79 Å². The van der Waals surface area contributed by atoms with E-state index in [1.54, 1.807) is 0 Å². The van der Waals surface area contributed by atoms with Crippen LogP contribution in [0.1, 0.15) is 24.8 Å². The number of para-hydroxylation sites is 1. The van der Waals surface area contributed by atoms with Crippen LogP contribution in [-0.4, -0.2) is 40.4 Å². The molecule has 2 bridgehead atoms. The van der Waals surface area contributed by atoms with Gasteiger partial charge in [0.25, 0.3) is 0 Å². The van der Waals surface area contributed by atoms with E-state index in [4.69, 9.17) is 14.8 Å². The molecular weight excluding hydrogens is 479 g/mol. The van der Waals surface area contributed by atoms with Crippen molar-refractivity contribution in [1.82, 2.24) is 14.8 Å². The summed E-state index contributed by atoms with van der Waals surface area (Å²) in [5.74, 6) is 1.32. The van der Waals surface area contributed by atoms with Crippen molar-refractivity contribution in [2.45, 2.75) is 32.2 Å². The van der Waals surface area contributed by atoms with E-state index in [0.29, 0.717) is 12.0 Å². The number of anilines is 1. The van der Waals surface area contributed by atoms with Crippen LogP contribution in [0.3, 0.4) is 0 Å². The van der Waals surface area contributed by atoms with E-state index in [-0.39, 0.29) is 11.9 Å². The van der Waals surface area contributed by atoms with Gasteiger partial charge in [-0.25, -0.2) is 9.67 Å². The first-order valence-corrected chi connectivity index (χ1v) is 11.1. The Hall–Kier alpha value is -2.16. The summed E-state index contributed by atoms with van der Waals surface area (Å²) in [6.45, 7) is 2.99. The Morgan fingerprint density at radius 2 is 2.10 bits per heavy atom. The van der Waals surface area contributed by atoms with Crippen molar-refractivity contribution in [2.75, 3.05) is 18.6 Å². The van der Waals surface area contributed by atoms with Crippen LogP contribution >= 0.6 is 22.6 Å². The molecule has 6 nitrogen and oxygen atoms in total. The molecule has 0 amide bonds. The number of rotatable bonds is 3. The summed E-state index contributed by atoms with van der Waals surface area (Å²) < 4.78 is 7.99. The summed E-state index contributed by atoms with van der Waals surface area (Å²) in [6.07, 6.45) is 4.98. The highest BCUT2D eigenvalue weighted by Crippen LogP contribution is 2.41. The van der Waals surface area contributed by atoms with Crippen molar-refractivity contribution in [3.8, 4) is 5.69 Å². The maximum atomic E-state index is 12.1. The molecule has 0 N–H and O–H groups in total. The minimum Gasteiger partial charge on any atom is -0.469 e. The van der Waals surface area contributed by atoms with Crippen LogP contribution in [0.25, 0.3) is 16.6 Å². The number of carbonyl (C=O) groups is 1. The number of nitrogens with zero attached hydrogens (tertiary/aromatic N) is 4. The van der Waals surface area contributed by atoms with Gasteiger partial charge in [0.2, 0.25) is 0 Å². The zero-order valence-corrected chi connectivity index (χ0v) is 18.7. The number of esters is 1. The fourth-order valence-electron chi connectivity index (χ4n) is 4.99. The number of aromatic nitrogens is 3. The van der Waals surface area contributed by atoms with E-state index in [1.807, 2.05) is 10.9 Å². The van der Waals surface area contributed by atoms with Crippen LogP contribution in [0.2, 0.25) is 0 Å². The number of benzene rings is 1. The third kappa shape index (κ3) is 3.10. The fourth-order valence-corrected chi connectivity index (χ4v) is 5.64. The second-order valence-corrected chi connectivity index (χ2v) is 9.08. The summed E-state index contributed by atoms with van der Waals surface area (Å²) in [6, 6.07) is 10.8. The van der Waals surface area contributed by atoms with Gasteiger partial charge in [0.1, 0.15) is 9.52 Å². The Balaban J connectivity index is 1.43. The van der Waals surface area contributed by atoms with Crippen LogP contribution in [-0.2, 0) is 9.53 Å². The van der Waals surface area contributed by atoms with Crippen molar-refractivity contribution in [3.05, 3.63) is 45.8 Å². The molecule has 2 saturated heterocycles. The number of ether oxygens (including phenoxy) is 1. The molecule has 1 aromatic carbocycles. The number of fused-ring (bicyclic) bond motifs is 4. The van der Waals surface area contributed by atoms with Gasteiger partial charge in [-0.2, -0.15) is 5.10 Å². The lowest BCUT2D eigenvalue weighted by molar-refractivity contribution is -0.149. The number of piperidine rings is 2. The lowest BCUT2D eigenvalue weighted by Crippen LogP contribution is -2.54. The number of hydrogen-bond acceptors (Lipinski definition) is 5. The number of carbonyl (C=O) groups excluding carboxylic acids is 1. The molecule has 4 heterocycles. The van der Waals surface area contributed by atoms with Gasteiger partial charge in [-0.15, -0.1) is 0 Å². The molecule has 6 rings (SSSR count). The van der Waals surface area contributed by atoms with E-state index in [1.165, 1.54) is 12.7 Å². The average Bonchev–Trinajstić information content (AvgIpc) is 3.11. The Bertz CT molecular complexity index is 1080. The lowest BCUT2D eigenvalue weighted by Gasteiger charge is -2.49. The maximum absolute atomic E-state index is 12.1. The highest BCUT2D eigenvalue weighted by atomic mass is 127. The van der Waals surface area contributed by atoms with Crippen LogP contribution in [0.5, 0.6) is 0 Å². The molecule has 1 aliphatic carbocycles. The molecule has 2 aliphatic heterocycles. The zero-order valence-electron chi connectivity index (χ0n) is 16.5. The predicted octanol–water partition coefficient (Wildman–Crippen LogP) is 4.11. The number of halogens is 1. The van der Waals surface area contributed by atoms with Gasteiger partial charge in [-0.05, 0) is 72.4 Å². The Morgan fingerprint density at radius 1 is 1.24 bits per heavy atom. The smallest absolute Gasteiger partial charge is 0.309 e. The van der Waals surface area contributed by atoms with E-state index < -0.39 is 0 Å². The molecular formula is C22H23IN4O2. The van der Waals surface area contributed by atoms with Gasteiger partial charge >= 0.3 is 5.97 Å². The Kier molecular flexibility index (Phi) is 4.72. The van der Waals surface area contributed by atoms with Gasteiger partial charge in [-0.1, -0.05) is 18.2 Å². The fraction of sp³-hybridized carbons (Fsp3) is 0.409. The summed E-state index contributed by atoms with van der Waals surface area (Å²) in [5, 5.41) is 5.90. The van der Waals surface area contributed by atoms with Gasteiger partial charge in [0, 0.05) is 18.0 Å². The van der Waals surface area contributed by atoms with Gasteiger partial charge in [-0.3, -0.25) is 4.79 Å². The first-order chi connectivity index (χ1) is 14.1. The number of methoxy groups -OCH3 is 1. The van der Waals surface area contributed by atoms with E-state index in [2.05, 4.69) is 64.7 Å². The molecule has 3 atom stereocenters. The first kappa shape index (κ1) is 18.8. The second-order valence-electron chi connectivity index (χ2n) is 8.06. The highest BCUT2D eigenvalue weighted by Gasteiger charge is 2.44. The number of aryl methyl sites for hydroxylation is 1. The van der Waals surface area contributed by atoms with Crippen LogP contribution in [0, 0.1) is 22.5 Å². The van der Waals surface area contributed by atoms with Crippen molar-refractivity contribution in [1.29, 1.82) is 0 Å². The second kappa shape index (κ2) is 7.27. The van der Waals surface area contributed by atoms with Crippen molar-refractivity contribution < 1.29 is 9.53 Å². The molecule has 150 valence electrons. The number of pyridine rings is 1. The minimum atomic E-state index is -0.0572. The first-order valence-electron chi connectivity index (χ1n) is 10.0. The normalized spacial score (nSPS) is 23.6. The molecule has 1 saturated carbocycles. The molecule has 29 heavy (non-hydrogen) atoms. The Morgan fingerprint density at radius 3 is 2.79 bits per heavy atom. The molecule has 7 heteroatoms. The molecule has 3 unspecified atom stereocenters. The zero-order chi connectivity index (χ0) is 20.1. The topological polar surface area (TPSA) is 60.2 Å². The molecule has 3 aliphatic rings. The molecule has 2 aromatic heterocycles. The highest BCUT2D eigenvalue weighted by molar-refractivity contribution is 14.1. The average molecular weight is 502 g/mol. The van der Waals surface area contributed by atoms with Crippen LogP contribution in [0.15, 0.2) is 36.5 Å². The molecule has 0 radical (unpaired) electrons. The SMILES string of the molecule is COC(=O)C1CC2CCC1CN2c1ccc(-n2nc(I)c3cccc(C)c32)cn1. The van der Waals surface area contributed by atoms with Gasteiger partial charge in [0.05, 0.1) is 30.4 Å². The summed E-state index contributed by atoms with van der Waals surface area (Å²) in [7, 11) is 1.49. The van der Waals surface area contributed by atoms with Crippen molar-refractivity contribution >= 4 is 45.3 Å². The quantitative estimate of drug-likeness (QED) is 0.399. The summed E-state index contributed by atoms with van der Waals surface area (Å²) in [4.78, 5) is 19.2.